The van der Waals surface area contributed by atoms with E-state index in [2.05, 4.69) is 32.7 Å². The summed E-state index contributed by atoms with van der Waals surface area (Å²) in [6, 6.07) is 9.89. The average Bonchev–Trinajstić information content (AvgIpc) is 2.56. The zero-order chi connectivity index (χ0) is 16.5. The van der Waals surface area contributed by atoms with Crippen molar-refractivity contribution >= 4 is 31.3 Å². The zero-order valence-corrected chi connectivity index (χ0v) is 18.9. The van der Waals surface area contributed by atoms with Gasteiger partial charge in [-0.25, -0.2) is 5.57 Å². The maximum absolute atomic E-state index is 11.4. The third kappa shape index (κ3) is 13.5. The summed E-state index contributed by atoms with van der Waals surface area (Å²) in [6.45, 7) is 9.07. The van der Waals surface area contributed by atoms with Crippen LogP contribution in [0.2, 0.25) is 0 Å². The van der Waals surface area contributed by atoms with Crippen LogP contribution in [0.3, 0.4) is 0 Å². The molecule has 0 atom stereocenters. The van der Waals surface area contributed by atoms with Crippen molar-refractivity contribution < 1.29 is 41.4 Å². The molecule has 0 bridgehead atoms. The third-order valence-corrected chi connectivity index (χ3v) is 2.43. The van der Waals surface area contributed by atoms with Gasteiger partial charge >= 0.3 is 51.6 Å². The standard InChI is InChI=1S/C15H19O2.CN.Cu.HI.Zn/c1-3-5-9-14(12-15(16)17-4-2)13-10-7-6-8-11-13;1-2;;;/h6-8,10-11H,3-5,9H2,1-2H3;;;1H;/q2*-1;+1;;+2/p-1. The van der Waals surface area contributed by atoms with Crippen molar-refractivity contribution in [1.29, 1.82) is 5.26 Å². The van der Waals surface area contributed by atoms with Gasteiger partial charge in [0.1, 0.15) is 0 Å². The fraction of sp³-hybridized carbons (Fsp3) is 0.375. The Morgan fingerprint density at radius 3 is 2.27 bits per heavy atom. The van der Waals surface area contributed by atoms with Gasteiger partial charge in [0, 0.05) is 0 Å². The van der Waals surface area contributed by atoms with Gasteiger partial charge in [0.2, 0.25) is 5.97 Å². The second kappa shape index (κ2) is 20.8. The van der Waals surface area contributed by atoms with Crippen LogP contribution in [-0.2, 0) is 41.4 Å². The molecule has 0 saturated heterocycles. The number of allylic oxidation sites excluding steroid dienone is 1. The van der Waals surface area contributed by atoms with Gasteiger partial charge in [-0.15, -0.1) is 12.1 Å². The number of unbranched alkanes of at least 4 members (excludes halogenated alkanes) is 1. The fourth-order valence-corrected chi connectivity index (χ4v) is 1.56. The molecule has 0 saturated carbocycles. The van der Waals surface area contributed by atoms with Crippen LogP contribution in [0.4, 0.5) is 0 Å². The van der Waals surface area contributed by atoms with E-state index in [1.54, 1.807) is 6.92 Å². The second-order valence-corrected chi connectivity index (χ2v) is 3.79. The molecule has 0 fully saturated rings. The maximum atomic E-state index is 11.4. The summed E-state index contributed by atoms with van der Waals surface area (Å²) < 4.78 is 4.90. The van der Waals surface area contributed by atoms with E-state index in [0.717, 1.165) is 30.4 Å². The number of benzene rings is 1. The van der Waals surface area contributed by atoms with Gasteiger partial charge in [-0.2, -0.15) is 11.6 Å². The van der Waals surface area contributed by atoms with Gasteiger partial charge in [0.15, 0.2) is 0 Å². The van der Waals surface area contributed by atoms with Crippen LogP contribution < -0.4 is 0 Å². The molecule has 3 nitrogen and oxygen atoms in total. The number of rotatable bonds is 6. The first-order chi connectivity index (χ1) is 10.3. The Balaban J connectivity index is -0.000000665. The molecule has 22 heavy (non-hydrogen) atoms. The van der Waals surface area contributed by atoms with Crippen LogP contribution >= 0.6 is 19.8 Å². The molecule has 0 aliphatic rings. The third-order valence-electron chi connectivity index (χ3n) is 2.43. The normalized spacial score (nSPS) is 9.14. The van der Waals surface area contributed by atoms with Crippen molar-refractivity contribution in [3.8, 4) is 0 Å². The summed E-state index contributed by atoms with van der Waals surface area (Å²) in [4.78, 5) is 11.4. The summed E-state index contributed by atoms with van der Waals surface area (Å²) in [7, 11) is 0. The summed E-state index contributed by atoms with van der Waals surface area (Å²) in [5.74, 6) is -0.373. The molecule has 6 heteroatoms. The van der Waals surface area contributed by atoms with E-state index in [1.165, 1.54) is 14.8 Å². The van der Waals surface area contributed by atoms with E-state index in [-0.39, 0.29) is 23.0 Å². The first-order valence-electron chi connectivity index (χ1n) is 6.62. The number of nitrogens with zero attached hydrogens (tertiary/aromatic N) is 1. The molecular formula is C16H19CuINO2Zn. The summed E-state index contributed by atoms with van der Waals surface area (Å²) in [6.07, 6.45) is 5.84. The Kier molecular flexibility index (Phi) is 25.2. The predicted molar refractivity (Wildman–Crippen MR) is 88.2 cm³/mol. The number of halogens is 1. The van der Waals surface area contributed by atoms with Crippen LogP contribution in [0.5, 0.6) is 0 Å². The van der Waals surface area contributed by atoms with E-state index in [0.29, 0.717) is 6.61 Å². The van der Waals surface area contributed by atoms with E-state index in [4.69, 9.17) is 16.6 Å². The Morgan fingerprint density at radius 2 is 1.82 bits per heavy atom. The minimum absolute atomic E-state index is 0. The Labute approximate surface area is 165 Å². The molecule has 0 heterocycles. The van der Waals surface area contributed by atoms with Crippen molar-refractivity contribution in [2.75, 3.05) is 6.61 Å². The van der Waals surface area contributed by atoms with Crippen LogP contribution in [0.1, 0.15) is 38.7 Å². The summed E-state index contributed by atoms with van der Waals surface area (Å²) in [5.41, 5.74) is 1.99. The van der Waals surface area contributed by atoms with Gasteiger partial charge in [0.05, 0.1) is 6.61 Å². The van der Waals surface area contributed by atoms with Gasteiger partial charge < -0.3 is 16.6 Å². The molecule has 0 aliphatic carbocycles. The van der Waals surface area contributed by atoms with Crippen molar-refractivity contribution in [2.24, 2.45) is 0 Å². The molecule has 1 aromatic carbocycles. The van der Waals surface area contributed by atoms with Gasteiger partial charge in [-0.3, -0.25) is 4.79 Å². The van der Waals surface area contributed by atoms with Crippen molar-refractivity contribution in [1.82, 2.24) is 0 Å². The summed E-state index contributed by atoms with van der Waals surface area (Å²) >= 11 is 3.62. The molecule has 0 spiro atoms. The quantitative estimate of drug-likeness (QED) is 0.184. The van der Waals surface area contributed by atoms with Crippen LogP contribution in [0.15, 0.2) is 30.3 Å². The number of hydrogen-bond donors (Lipinski definition) is 0. The Bertz CT molecular complexity index is 425. The second-order valence-electron chi connectivity index (χ2n) is 3.79. The van der Waals surface area contributed by atoms with Crippen molar-refractivity contribution in [2.45, 2.75) is 33.1 Å². The van der Waals surface area contributed by atoms with E-state index >= 15 is 0 Å². The number of ether oxygens (including phenoxy) is 1. The molecule has 1 rings (SSSR count). The molecule has 120 valence electrons. The number of hydrogen-bond acceptors (Lipinski definition) is 3. The predicted octanol–water partition coefficient (Wildman–Crippen LogP) is 4.60. The van der Waals surface area contributed by atoms with E-state index in [1.807, 2.05) is 30.3 Å². The van der Waals surface area contributed by atoms with E-state index < -0.39 is 0 Å². The van der Waals surface area contributed by atoms with E-state index in [9.17, 15) is 4.79 Å². The number of esters is 1. The molecule has 0 aromatic heterocycles. The molecular weight excluding hydrogens is 494 g/mol. The van der Waals surface area contributed by atoms with Crippen molar-refractivity contribution in [3.05, 3.63) is 48.5 Å². The Morgan fingerprint density at radius 1 is 1.27 bits per heavy atom. The fourth-order valence-electron chi connectivity index (χ4n) is 1.56. The monoisotopic (exact) mass is 511 g/mol. The van der Waals surface area contributed by atoms with Crippen LogP contribution in [0.25, 0.3) is 5.57 Å². The zero-order valence-electron chi connectivity index (χ0n) is 12.9. The average molecular weight is 513 g/mol. The summed E-state index contributed by atoms with van der Waals surface area (Å²) in [5, 5.41) is 6.25. The topological polar surface area (TPSA) is 50.1 Å². The van der Waals surface area contributed by atoms with Gasteiger partial charge in [0.25, 0.3) is 0 Å². The first-order valence-corrected chi connectivity index (χ1v) is 15.7. The van der Waals surface area contributed by atoms with Crippen LogP contribution in [0, 0.1) is 17.9 Å². The molecule has 0 unspecified atom stereocenters. The van der Waals surface area contributed by atoms with Gasteiger partial charge in [-0.1, -0.05) is 44.4 Å². The molecule has 0 amide bonds. The first kappa shape index (κ1) is 26.7. The number of carbonyl (C=O) groups excluding carboxylic acids is 1. The number of carbonyl (C=O) groups is 1. The SMILES string of the molecule is CCCCC(=[C-]C(=O)OCC)c1ccccc1.[C-]#N.[Cu+].[Zn+][I]. The minimum atomic E-state index is -0.373. The Hall–Kier alpha value is -0.207. The van der Waals surface area contributed by atoms with Crippen LogP contribution in [-0.4, -0.2) is 12.6 Å². The molecule has 0 aliphatic heterocycles. The molecule has 1 aromatic rings. The molecule has 0 radical (unpaired) electrons. The molecule has 0 N–H and O–H groups in total. The van der Waals surface area contributed by atoms with Crippen molar-refractivity contribution in [3.63, 3.8) is 0 Å². The van der Waals surface area contributed by atoms with Gasteiger partial charge in [-0.05, 0) is 6.92 Å².